The summed E-state index contributed by atoms with van der Waals surface area (Å²) in [4.78, 5) is 13.0. The fraction of sp³-hybridized carbons (Fsp3) is 0.559. The summed E-state index contributed by atoms with van der Waals surface area (Å²) in [7, 11) is -2.38. The molecule has 1 aromatic heterocycles. The molecule has 5 nitrogen and oxygen atoms in total. The molecule has 0 aliphatic rings. The van der Waals surface area contributed by atoms with Crippen molar-refractivity contribution in [3.8, 4) is 16.9 Å². The smallest absolute Gasteiger partial charge is 0.344 e. The topological polar surface area (TPSA) is 57.9 Å². The van der Waals surface area contributed by atoms with Gasteiger partial charge in [-0.05, 0) is 93.4 Å². The van der Waals surface area contributed by atoms with E-state index in [1.807, 2.05) is 38.6 Å². The van der Waals surface area contributed by atoms with Crippen molar-refractivity contribution in [2.45, 2.75) is 104 Å². The largest absolute Gasteiger partial charge is 0.493 e. The summed E-state index contributed by atoms with van der Waals surface area (Å²) in [5.41, 5.74) is 3.88. The maximum atomic E-state index is 14.5. The fourth-order valence-corrected chi connectivity index (χ4v) is 7.83. The van der Waals surface area contributed by atoms with Gasteiger partial charge in [0.25, 0.3) is 0 Å². The Kier molecular flexibility index (Phi) is 13.2. The summed E-state index contributed by atoms with van der Waals surface area (Å²) < 4.78 is 51.9. The summed E-state index contributed by atoms with van der Waals surface area (Å²) in [5, 5.41) is 0.784. The van der Waals surface area contributed by atoms with Crippen LogP contribution in [0.15, 0.2) is 51.7 Å². The number of alkyl halides is 2. The highest BCUT2D eigenvalue weighted by Crippen LogP contribution is 2.31. The molecule has 0 aliphatic heterocycles. The van der Waals surface area contributed by atoms with Crippen LogP contribution in [0.3, 0.4) is 0 Å². The summed E-state index contributed by atoms with van der Waals surface area (Å²) >= 11 is 0. The van der Waals surface area contributed by atoms with E-state index < -0.39 is 20.1 Å². The van der Waals surface area contributed by atoms with Gasteiger partial charge in [-0.15, -0.1) is 0 Å². The Labute approximate surface area is 250 Å². The van der Waals surface area contributed by atoms with Gasteiger partial charge >= 0.3 is 14.2 Å². The number of halogens is 2. The SMILES string of the molecule is CCCCCc1ccc(-c2cc3ccc(OCCCC(F)(F)CCC[Si](C)(OCC)OCC)cc3oc2=O)c(CC)c1. The van der Waals surface area contributed by atoms with E-state index in [0.29, 0.717) is 42.6 Å². The molecule has 8 heteroatoms. The molecule has 0 atom stereocenters. The van der Waals surface area contributed by atoms with Crippen molar-refractivity contribution in [3.05, 3.63) is 64.0 Å². The first kappa shape index (κ1) is 33.9. The molecule has 0 N–H and O–H groups in total. The number of hydrogen-bond donors (Lipinski definition) is 0. The minimum Gasteiger partial charge on any atom is -0.493 e. The van der Waals surface area contributed by atoms with Crippen LogP contribution >= 0.6 is 0 Å². The fourth-order valence-electron chi connectivity index (χ4n) is 5.42. The second-order valence-corrected chi connectivity index (χ2v) is 14.5. The zero-order valence-electron chi connectivity index (χ0n) is 26.0. The van der Waals surface area contributed by atoms with Crippen LogP contribution in [-0.2, 0) is 21.7 Å². The molecule has 0 saturated heterocycles. The van der Waals surface area contributed by atoms with Crippen molar-refractivity contribution in [1.29, 1.82) is 0 Å². The predicted molar refractivity (Wildman–Crippen MR) is 169 cm³/mol. The van der Waals surface area contributed by atoms with Crippen LogP contribution in [0.4, 0.5) is 8.78 Å². The van der Waals surface area contributed by atoms with Gasteiger partial charge in [0.05, 0.1) is 12.2 Å². The third-order valence-corrected chi connectivity index (χ3v) is 10.7. The number of aryl methyl sites for hydroxylation is 2. The van der Waals surface area contributed by atoms with Gasteiger partial charge in [-0.25, -0.2) is 13.6 Å². The molecule has 2 aromatic carbocycles. The van der Waals surface area contributed by atoms with Gasteiger partial charge < -0.3 is 18.0 Å². The van der Waals surface area contributed by atoms with Crippen molar-refractivity contribution in [1.82, 2.24) is 0 Å². The van der Waals surface area contributed by atoms with Crippen molar-refractivity contribution in [3.63, 3.8) is 0 Å². The van der Waals surface area contributed by atoms with Crippen LogP contribution in [0.5, 0.6) is 5.75 Å². The van der Waals surface area contributed by atoms with Crippen LogP contribution in [0.25, 0.3) is 22.1 Å². The first-order valence-corrected chi connectivity index (χ1v) is 18.1. The van der Waals surface area contributed by atoms with Crippen LogP contribution in [0, 0.1) is 0 Å². The third kappa shape index (κ3) is 10.0. The molecule has 0 spiro atoms. The quantitative estimate of drug-likeness (QED) is 0.0777. The summed E-state index contributed by atoms with van der Waals surface area (Å²) in [6.45, 7) is 11.2. The number of benzene rings is 2. The second-order valence-electron chi connectivity index (χ2n) is 11.1. The highest BCUT2D eigenvalue weighted by atomic mass is 28.4. The molecular weight excluding hydrogens is 554 g/mol. The molecule has 42 heavy (non-hydrogen) atoms. The summed E-state index contributed by atoms with van der Waals surface area (Å²) in [6.07, 6.45) is 5.55. The first-order valence-electron chi connectivity index (χ1n) is 15.6. The molecule has 0 radical (unpaired) electrons. The van der Waals surface area contributed by atoms with Crippen LogP contribution in [0.2, 0.25) is 12.6 Å². The highest BCUT2D eigenvalue weighted by Gasteiger charge is 2.34. The normalized spacial score (nSPS) is 12.3. The van der Waals surface area contributed by atoms with Gasteiger partial charge in [-0.3, -0.25) is 0 Å². The molecule has 0 fully saturated rings. The van der Waals surface area contributed by atoms with E-state index in [0.717, 1.165) is 35.8 Å². The molecule has 0 aliphatic carbocycles. The van der Waals surface area contributed by atoms with Crippen LogP contribution in [-0.4, -0.2) is 34.3 Å². The van der Waals surface area contributed by atoms with Gasteiger partial charge in [0.2, 0.25) is 5.92 Å². The predicted octanol–water partition coefficient (Wildman–Crippen LogP) is 9.47. The number of hydrogen-bond acceptors (Lipinski definition) is 5. The Morgan fingerprint density at radius 1 is 0.857 bits per heavy atom. The van der Waals surface area contributed by atoms with E-state index in [9.17, 15) is 13.6 Å². The Bertz CT molecular complexity index is 1320. The molecule has 3 rings (SSSR count). The van der Waals surface area contributed by atoms with Crippen molar-refractivity contribution in [2.24, 2.45) is 0 Å². The molecule has 0 saturated carbocycles. The van der Waals surface area contributed by atoms with Gasteiger partial charge in [0, 0.05) is 37.5 Å². The monoisotopic (exact) mass is 602 g/mol. The summed E-state index contributed by atoms with van der Waals surface area (Å²) in [6, 6.07) is 14.0. The van der Waals surface area contributed by atoms with Gasteiger partial charge in [0.1, 0.15) is 11.3 Å². The Morgan fingerprint density at radius 2 is 1.60 bits per heavy atom. The van der Waals surface area contributed by atoms with Gasteiger partial charge in [0.15, 0.2) is 0 Å². The molecular formula is C34H48F2O5Si. The number of fused-ring (bicyclic) bond motifs is 1. The second kappa shape index (κ2) is 16.3. The average Bonchev–Trinajstić information content (AvgIpc) is 2.95. The van der Waals surface area contributed by atoms with Crippen LogP contribution in [0.1, 0.15) is 83.8 Å². The Hall–Kier alpha value is -2.55. The maximum absolute atomic E-state index is 14.5. The lowest BCUT2D eigenvalue weighted by molar-refractivity contribution is -0.0216. The zero-order valence-corrected chi connectivity index (χ0v) is 27.0. The molecule has 232 valence electrons. The summed E-state index contributed by atoms with van der Waals surface area (Å²) in [5.74, 6) is -2.28. The van der Waals surface area contributed by atoms with E-state index in [2.05, 4.69) is 26.0 Å². The molecule has 0 amide bonds. The van der Waals surface area contributed by atoms with E-state index in [1.165, 1.54) is 18.4 Å². The number of unbranched alkanes of at least 4 members (excludes halogenated alkanes) is 2. The minimum absolute atomic E-state index is 0.151. The van der Waals surface area contributed by atoms with Crippen molar-refractivity contribution in [2.75, 3.05) is 19.8 Å². The third-order valence-electron chi connectivity index (χ3n) is 7.65. The highest BCUT2D eigenvalue weighted by molar-refractivity contribution is 6.66. The molecule has 0 unspecified atom stereocenters. The van der Waals surface area contributed by atoms with E-state index in [4.69, 9.17) is 18.0 Å². The molecule has 3 aromatic rings. The Balaban J connectivity index is 1.58. The first-order chi connectivity index (χ1) is 20.1. The molecule has 0 bridgehead atoms. The minimum atomic E-state index is -2.77. The van der Waals surface area contributed by atoms with Crippen LogP contribution < -0.4 is 10.4 Å². The molecule has 1 heterocycles. The van der Waals surface area contributed by atoms with Gasteiger partial charge in [-0.1, -0.05) is 44.9 Å². The van der Waals surface area contributed by atoms with E-state index in [1.54, 1.807) is 12.1 Å². The standard InChI is InChI=1S/C34H48F2O5Si/c1-6-10-11-14-26-15-18-30(27(7-2)23-26)31-24-28-16-17-29(25-32(28)41-33(31)37)38-21-12-19-34(35,36)20-13-22-42(5,39-8-3)40-9-4/h15-18,23-25H,6-14,19-22H2,1-5H3. The van der Waals surface area contributed by atoms with Crippen molar-refractivity contribution < 1.29 is 26.8 Å². The lowest BCUT2D eigenvalue weighted by Crippen LogP contribution is -2.39. The Morgan fingerprint density at radius 3 is 2.29 bits per heavy atom. The number of rotatable bonds is 19. The number of ether oxygens (including phenoxy) is 1. The van der Waals surface area contributed by atoms with E-state index in [-0.39, 0.29) is 25.9 Å². The maximum Gasteiger partial charge on any atom is 0.344 e. The zero-order chi connectivity index (χ0) is 30.6. The average molecular weight is 603 g/mol. The van der Waals surface area contributed by atoms with Gasteiger partial charge in [-0.2, -0.15) is 0 Å². The van der Waals surface area contributed by atoms with E-state index >= 15 is 0 Å². The lowest BCUT2D eigenvalue weighted by Gasteiger charge is -2.26. The van der Waals surface area contributed by atoms with Crippen molar-refractivity contribution >= 4 is 19.5 Å². The lowest BCUT2D eigenvalue weighted by atomic mass is 9.94.